The van der Waals surface area contributed by atoms with Gasteiger partial charge in [0.05, 0.1) is 11.1 Å². The number of hydrogen-bond acceptors (Lipinski definition) is 4. The Morgan fingerprint density at radius 1 is 1.62 bits per heavy atom. The highest BCUT2D eigenvalue weighted by Gasteiger charge is 2.08. The Hall–Kier alpha value is -1.98. The van der Waals surface area contributed by atoms with E-state index in [0.717, 1.165) is 24.4 Å². The zero-order chi connectivity index (χ0) is 9.84. The highest BCUT2D eigenvalue weighted by molar-refractivity contribution is 5.80. The first-order valence-electron chi connectivity index (χ1n) is 3.26. The van der Waals surface area contributed by atoms with Crippen LogP contribution in [0.2, 0.25) is 0 Å². The summed E-state index contributed by atoms with van der Waals surface area (Å²) in [7, 11) is 0. The summed E-state index contributed by atoms with van der Waals surface area (Å²) in [6.07, 6.45) is 0.794. The largest absolute Gasteiger partial charge is 0.411 e. The maximum atomic E-state index is 12.8. The predicted molar refractivity (Wildman–Crippen MR) is 42.4 cm³/mol. The molecule has 0 aliphatic heterocycles. The number of nitrogens with zero attached hydrogens (tertiary/aromatic N) is 2. The van der Waals surface area contributed by atoms with Gasteiger partial charge in [-0.1, -0.05) is 5.16 Å². The second-order valence-corrected chi connectivity index (χ2v) is 2.21. The maximum absolute atomic E-state index is 12.8. The third-order valence-corrected chi connectivity index (χ3v) is 1.39. The molecule has 6 heteroatoms. The molecule has 1 N–H and O–H groups in total. The van der Waals surface area contributed by atoms with E-state index < -0.39 is 10.7 Å². The molecule has 0 atom stereocenters. The van der Waals surface area contributed by atoms with Crippen LogP contribution in [0, 0.1) is 15.9 Å². The van der Waals surface area contributed by atoms with Gasteiger partial charge in [0.15, 0.2) is 0 Å². The number of hydrogen-bond donors (Lipinski definition) is 1. The Morgan fingerprint density at radius 3 is 2.85 bits per heavy atom. The molecule has 1 rings (SSSR count). The van der Waals surface area contributed by atoms with E-state index in [1.165, 1.54) is 0 Å². The fraction of sp³-hybridized carbons (Fsp3) is 0. The van der Waals surface area contributed by atoms with Crippen molar-refractivity contribution >= 4 is 11.9 Å². The van der Waals surface area contributed by atoms with Gasteiger partial charge in [-0.15, -0.1) is 0 Å². The average molecular weight is 184 g/mol. The smallest absolute Gasteiger partial charge is 0.270 e. The van der Waals surface area contributed by atoms with Gasteiger partial charge in [0.25, 0.3) is 5.69 Å². The summed E-state index contributed by atoms with van der Waals surface area (Å²) in [5.41, 5.74) is -0.381. The molecule has 0 amide bonds. The second kappa shape index (κ2) is 3.61. The minimum Gasteiger partial charge on any atom is -0.411 e. The fourth-order valence-corrected chi connectivity index (χ4v) is 0.806. The van der Waals surface area contributed by atoms with Gasteiger partial charge >= 0.3 is 0 Å². The van der Waals surface area contributed by atoms with Crippen LogP contribution < -0.4 is 0 Å². The lowest BCUT2D eigenvalue weighted by molar-refractivity contribution is -0.384. The Labute approximate surface area is 72.3 Å². The molecule has 0 aliphatic carbocycles. The molecule has 0 aromatic heterocycles. The van der Waals surface area contributed by atoms with E-state index in [2.05, 4.69) is 5.16 Å². The summed E-state index contributed by atoms with van der Waals surface area (Å²) in [5.74, 6) is -0.677. The zero-order valence-corrected chi connectivity index (χ0v) is 6.35. The average Bonchev–Trinajstić information content (AvgIpc) is 2.08. The molecule has 0 saturated heterocycles. The number of non-ortho nitro benzene ring substituents is 1. The van der Waals surface area contributed by atoms with Crippen molar-refractivity contribution in [1.29, 1.82) is 0 Å². The van der Waals surface area contributed by atoms with Gasteiger partial charge in [0.2, 0.25) is 0 Å². The fourth-order valence-electron chi connectivity index (χ4n) is 0.806. The SMILES string of the molecule is O=[N+]([O-])c1ccc(F)c(C=NO)c1. The number of benzene rings is 1. The van der Waals surface area contributed by atoms with Crippen molar-refractivity contribution in [1.82, 2.24) is 0 Å². The van der Waals surface area contributed by atoms with Crippen molar-refractivity contribution in [3.63, 3.8) is 0 Å². The summed E-state index contributed by atoms with van der Waals surface area (Å²) >= 11 is 0. The van der Waals surface area contributed by atoms with Crippen LogP contribution in [0.15, 0.2) is 23.4 Å². The molecule has 68 valence electrons. The molecule has 0 radical (unpaired) electrons. The van der Waals surface area contributed by atoms with Crippen LogP contribution in [0.1, 0.15) is 5.56 Å². The van der Waals surface area contributed by atoms with Crippen molar-refractivity contribution < 1.29 is 14.5 Å². The van der Waals surface area contributed by atoms with Gasteiger partial charge in [-0.05, 0) is 6.07 Å². The minimum atomic E-state index is -0.677. The van der Waals surface area contributed by atoms with Crippen LogP contribution in [-0.2, 0) is 0 Å². The topological polar surface area (TPSA) is 75.7 Å². The Balaban J connectivity index is 3.18. The molecule has 0 heterocycles. The van der Waals surface area contributed by atoms with E-state index in [9.17, 15) is 14.5 Å². The molecule has 1 aromatic carbocycles. The number of nitro benzene ring substituents is 1. The summed E-state index contributed by atoms with van der Waals surface area (Å²) in [6, 6.07) is 2.95. The van der Waals surface area contributed by atoms with Gasteiger partial charge in [-0.3, -0.25) is 10.1 Å². The third-order valence-electron chi connectivity index (χ3n) is 1.39. The normalized spacial score (nSPS) is 10.5. The minimum absolute atomic E-state index is 0.128. The van der Waals surface area contributed by atoms with Crippen molar-refractivity contribution in [3.8, 4) is 0 Å². The van der Waals surface area contributed by atoms with Gasteiger partial charge < -0.3 is 5.21 Å². The van der Waals surface area contributed by atoms with Crippen molar-refractivity contribution in [3.05, 3.63) is 39.7 Å². The summed E-state index contributed by atoms with van der Waals surface area (Å²) in [6.45, 7) is 0. The predicted octanol–water partition coefficient (Wildman–Crippen LogP) is 1.54. The highest BCUT2D eigenvalue weighted by atomic mass is 19.1. The Morgan fingerprint density at radius 2 is 2.31 bits per heavy atom. The van der Waals surface area contributed by atoms with E-state index >= 15 is 0 Å². The third kappa shape index (κ3) is 1.98. The highest BCUT2D eigenvalue weighted by Crippen LogP contribution is 2.14. The molecule has 5 nitrogen and oxygen atoms in total. The second-order valence-electron chi connectivity index (χ2n) is 2.21. The number of rotatable bonds is 2. The van der Waals surface area contributed by atoms with E-state index in [1.54, 1.807) is 0 Å². The lowest BCUT2D eigenvalue weighted by atomic mass is 10.2. The number of nitro groups is 1. The summed E-state index contributed by atoms with van der Waals surface area (Å²) in [4.78, 5) is 9.59. The summed E-state index contributed by atoms with van der Waals surface area (Å²) in [5, 5.41) is 20.9. The van der Waals surface area contributed by atoms with Crippen molar-refractivity contribution in [2.75, 3.05) is 0 Å². The van der Waals surface area contributed by atoms with Gasteiger partial charge in [-0.25, -0.2) is 4.39 Å². The lowest BCUT2D eigenvalue weighted by Gasteiger charge is -1.94. The molecule has 0 bridgehead atoms. The summed E-state index contributed by atoms with van der Waals surface area (Å²) < 4.78 is 12.8. The first-order valence-corrected chi connectivity index (χ1v) is 3.26. The Kier molecular flexibility index (Phi) is 2.53. The van der Waals surface area contributed by atoms with Crippen LogP contribution in [0.3, 0.4) is 0 Å². The molecule has 0 spiro atoms. The quantitative estimate of drug-likeness (QED) is 0.328. The van der Waals surface area contributed by atoms with Crippen LogP contribution >= 0.6 is 0 Å². The molecular formula is C7H5FN2O3. The van der Waals surface area contributed by atoms with Crippen LogP contribution in [0.4, 0.5) is 10.1 Å². The number of oxime groups is 1. The number of halogens is 1. The molecule has 13 heavy (non-hydrogen) atoms. The van der Waals surface area contributed by atoms with E-state index in [0.29, 0.717) is 0 Å². The van der Waals surface area contributed by atoms with Crippen LogP contribution in [-0.4, -0.2) is 16.3 Å². The molecule has 0 aliphatic rings. The molecule has 1 aromatic rings. The molecule has 0 unspecified atom stereocenters. The monoisotopic (exact) mass is 184 g/mol. The zero-order valence-electron chi connectivity index (χ0n) is 6.35. The lowest BCUT2D eigenvalue weighted by Crippen LogP contribution is -1.93. The van der Waals surface area contributed by atoms with Gasteiger partial charge in [-0.2, -0.15) is 0 Å². The standard InChI is InChI=1S/C7H5FN2O3/c8-7-2-1-6(10(12)13)3-5(7)4-9-11/h1-4,11H. The molecular weight excluding hydrogens is 179 g/mol. The maximum Gasteiger partial charge on any atom is 0.270 e. The van der Waals surface area contributed by atoms with Crippen LogP contribution in [0.25, 0.3) is 0 Å². The first-order chi connectivity index (χ1) is 6.15. The first kappa shape index (κ1) is 9.11. The van der Waals surface area contributed by atoms with E-state index in [1.807, 2.05) is 0 Å². The van der Waals surface area contributed by atoms with E-state index in [4.69, 9.17) is 5.21 Å². The van der Waals surface area contributed by atoms with E-state index in [-0.39, 0.29) is 11.3 Å². The molecule has 0 saturated carbocycles. The van der Waals surface area contributed by atoms with Crippen LogP contribution in [0.5, 0.6) is 0 Å². The van der Waals surface area contributed by atoms with Gasteiger partial charge in [0.1, 0.15) is 5.82 Å². The van der Waals surface area contributed by atoms with Crippen molar-refractivity contribution in [2.45, 2.75) is 0 Å². The van der Waals surface area contributed by atoms with Gasteiger partial charge in [0, 0.05) is 17.7 Å². The molecule has 0 fully saturated rings. The van der Waals surface area contributed by atoms with Crippen molar-refractivity contribution in [2.24, 2.45) is 5.16 Å². The Bertz CT molecular complexity index is 365.